The first-order valence-corrected chi connectivity index (χ1v) is 9.07. The van der Waals surface area contributed by atoms with Gasteiger partial charge in [0.15, 0.2) is 0 Å². The van der Waals surface area contributed by atoms with Gasteiger partial charge in [-0.2, -0.15) is 4.31 Å². The Morgan fingerprint density at radius 1 is 1.21 bits per heavy atom. The van der Waals surface area contributed by atoms with E-state index in [0.29, 0.717) is 10.6 Å². The van der Waals surface area contributed by atoms with Crippen LogP contribution in [0.15, 0.2) is 47.4 Å². The van der Waals surface area contributed by atoms with Gasteiger partial charge in [-0.3, -0.25) is 10.1 Å². The Morgan fingerprint density at radius 2 is 1.92 bits per heavy atom. The van der Waals surface area contributed by atoms with E-state index in [1.165, 1.54) is 16.4 Å². The molecule has 0 unspecified atom stereocenters. The Balaban J connectivity index is 2.40. The summed E-state index contributed by atoms with van der Waals surface area (Å²) in [6, 6.07) is 10.9. The second kappa shape index (κ2) is 7.29. The summed E-state index contributed by atoms with van der Waals surface area (Å²) < 4.78 is 26.9. The van der Waals surface area contributed by atoms with E-state index in [1.54, 1.807) is 38.1 Å². The first kappa shape index (κ1) is 18.4. The highest BCUT2D eigenvalue weighted by atomic mass is 35.5. The van der Waals surface area contributed by atoms with Crippen molar-refractivity contribution in [2.75, 3.05) is 6.54 Å². The van der Waals surface area contributed by atoms with Crippen LogP contribution in [-0.4, -0.2) is 24.2 Å². The molecule has 2 rings (SSSR count). The number of aryl methyl sites for hydroxylation is 1. The average Bonchev–Trinajstić information content (AvgIpc) is 2.52. The second-order valence-electron chi connectivity index (χ2n) is 5.27. The normalized spacial score (nSPS) is 11.7. The molecule has 0 bridgehead atoms. The highest BCUT2D eigenvalue weighted by Gasteiger charge is 2.26. The van der Waals surface area contributed by atoms with Crippen LogP contribution in [0.3, 0.4) is 0 Å². The Morgan fingerprint density at radius 3 is 2.50 bits per heavy atom. The highest BCUT2D eigenvalue weighted by molar-refractivity contribution is 7.89. The Bertz CT molecular complexity index is 868. The molecule has 0 radical (unpaired) electrons. The number of sulfonamides is 1. The maximum absolute atomic E-state index is 12.8. The highest BCUT2D eigenvalue weighted by Crippen LogP contribution is 2.25. The fraction of sp³-hybridized carbons (Fsp3) is 0.250. The standard InChI is InChI=1S/C16H17ClN2O4S/c1-3-18(11-13-5-4-6-14(17)9-13)24(22,23)15-8-7-12(2)16(10-15)19(20)21/h4-10H,3,11H2,1-2H3. The molecule has 2 aromatic rings. The van der Waals surface area contributed by atoms with Gasteiger partial charge in [0.1, 0.15) is 0 Å². The molecule has 2 aromatic carbocycles. The third-order valence-electron chi connectivity index (χ3n) is 3.62. The van der Waals surface area contributed by atoms with Crippen LogP contribution in [-0.2, 0) is 16.6 Å². The fourth-order valence-corrected chi connectivity index (χ4v) is 3.97. The van der Waals surface area contributed by atoms with Gasteiger partial charge < -0.3 is 0 Å². The largest absolute Gasteiger partial charge is 0.273 e. The van der Waals surface area contributed by atoms with Crippen LogP contribution in [0.4, 0.5) is 5.69 Å². The molecule has 0 heterocycles. The van der Waals surface area contributed by atoms with Crippen molar-refractivity contribution in [1.82, 2.24) is 4.31 Å². The third kappa shape index (κ3) is 3.92. The molecule has 128 valence electrons. The average molecular weight is 369 g/mol. The first-order valence-electron chi connectivity index (χ1n) is 7.25. The Kier molecular flexibility index (Phi) is 5.58. The van der Waals surface area contributed by atoms with Gasteiger partial charge >= 0.3 is 0 Å². The number of nitrogens with zero attached hydrogens (tertiary/aromatic N) is 2. The summed E-state index contributed by atoms with van der Waals surface area (Å²) in [4.78, 5) is 10.4. The predicted molar refractivity (Wildman–Crippen MR) is 92.6 cm³/mol. The minimum Gasteiger partial charge on any atom is -0.258 e. The number of nitro groups is 1. The van der Waals surface area contributed by atoms with E-state index in [0.717, 1.165) is 11.6 Å². The number of hydrogen-bond acceptors (Lipinski definition) is 4. The van der Waals surface area contributed by atoms with E-state index >= 15 is 0 Å². The summed E-state index contributed by atoms with van der Waals surface area (Å²) in [5.74, 6) is 0. The van der Waals surface area contributed by atoms with E-state index in [-0.39, 0.29) is 23.7 Å². The van der Waals surface area contributed by atoms with Crippen molar-refractivity contribution in [3.63, 3.8) is 0 Å². The van der Waals surface area contributed by atoms with E-state index < -0.39 is 14.9 Å². The lowest BCUT2D eigenvalue weighted by Crippen LogP contribution is -2.30. The van der Waals surface area contributed by atoms with Crippen LogP contribution in [0.5, 0.6) is 0 Å². The van der Waals surface area contributed by atoms with Crippen LogP contribution in [0.1, 0.15) is 18.1 Å². The molecular weight excluding hydrogens is 352 g/mol. The summed E-state index contributed by atoms with van der Waals surface area (Å²) in [6.45, 7) is 3.65. The van der Waals surface area contributed by atoms with Gasteiger partial charge in [0.2, 0.25) is 10.0 Å². The van der Waals surface area contributed by atoms with Crippen molar-refractivity contribution in [1.29, 1.82) is 0 Å². The van der Waals surface area contributed by atoms with Gasteiger partial charge in [0.05, 0.1) is 9.82 Å². The second-order valence-corrected chi connectivity index (χ2v) is 7.64. The van der Waals surface area contributed by atoms with Crippen molar-refractivity contribution >= 4 is 27.3 Å². The lowest BCUT2D eigenvalue weighted by atomic mass is 10.2. The van der Waals surface area contributed by atoms with Crippen LogP contribution < -0.4 is 0 Å². The van der Waals surface area contributed by atoms with Crippen molar-refractivity contribution in [2.24, 2.45) is 0 Å². The van der Waals surface area contributed by atoms with E-state index in [9.17, 15) is 18.5 Å². The molecule has 0 aromatic heterocycles. The van der Waals surface area contributed by atoms with Gasteiger partial charge in [-0.25, -0.2) is 8.42 Å². The molecule has 24 heavy (non-hydrogen) atoms. The number of nitro benzene ring substituents is 1. The van der Waals surface area contributed by atoms with Crippen LogP contribution in [0, 0.1) is 17.0 Å². The topological polar surface area (TPSA) is 80.5 Å². The lowest BCUT2D eigenvalue weighted by molar-refractivity contribution is -0.385. The van der Waals surface area contributed by atoms with Gasteiger partial charge in [0.25, 0.3) is 5.69 Å². The zero-order valence-electron chi connectivity index (χ0n) is 13.3. The number of hydrogen-bond donors (Lipinski definition) is 0. The smallest absolute Gasteiger partial charge is 0.258 e. The van der Waals surface area contributed by atoms with Gasteiger partial charge in [-0.05, 0) is 30.7 Å². The monoisotopic (exact) mass is 368 g/mol. The van der Waals surface area contributed by atoms with Gasteiger partial charge in [-0.15, -0.1) is 0 Å². The summed E-state index contributed by atoms with van der Waals surface area (Å²) in [6.07, 6.45) is 0. The van der Waals surface area contributed by atoms with Crippen LogP contribution in [0.2, 0.25) is 5.02 Å². The van der Waals surface area contributed by atoms with Crippen molar-refractivity contribution in [3.05, 3.63) is 68.7 Å². The minimum atomic E-state index is -3.85. The molecule has 0 N–H and O–H groups in total. The van der Waals surface area contributed by atoms with Crippen molar-refractivity contribution < 1.29 is 13.3 Å². The van der Waals surface area contributed by atoms with Gasteiger partial charge in [0, 0.05) is 29.7 Å². The maximum atomic E-state index is 12.8. The molecule has 0 fully saturated rings. The molecule has 0 amide bonds. The Hall–Kier alpha value is -1.96. The van der Waals surface area contributed by atoms with E-state index in [4.69, 9.17) is 11.6 Å². The number of benzene rings is 2. The van der Waals surface area contributed by atoms with E-state index in [2.05, 4.69) is 0 Å². The van der Waals surface area contributed by atoms with E-state index in [1.807, 2.05) is 0 Å². The number of halogens is 1. The zero-order valence-corrected chi connectivity index (χ0v) is 14.8. The van der Waals surface area contributed by atoms with Gasteiger partial charge in [-0.1, -0.05) is 36.7 Å². The lowest BCUT2D eigenvalue weighted by Gasteiger charge is -2.20. The molecule has 0 aliphatic carbocycles. The minimum absolute atomic E-state index is 0.0938. The summed E-state index contributed by atoms with van der Waals surface area (Å²) in [5.41, 5.74) is 0.946. The number of rotatable bonds is 6. The van der Waals surface area contributed by atoms with Crippen LogP contribution in [0.25, 0.3) is 0 Å². The summed E-state index contributed by atoms with van der Waals surface area (Å²) >= 11 is 5.93. The quantitative estimate of drug-likeness (QED) is 0.574. The predicted octanol–water partition coefficient (Wildman–Crippen LogP) is 3.77. The first-order chi connectivity index (χ1) is 11.3. The van der Waals surface area contributed by atoms with Crippen LogP contribution >= 0.6 is 11.6 Å². The van der Waals surface area contributed by atoms with Crippen molar-refractivity contribution in [3.8, 4) is 0 Å². The molecule has 0 atom stereocenters. The molecule has 0 saturated carbocycles. The fourth-order valence-electron chi connectivity index (χ4n) is 2.30. The molecular formula is C16H17ClN2O4S. The third-order valence-corrected chi connectivity index (χ3v) is 5.77. The molecule has 0 aliphatic rings. The molecule has 0 spiro atoms. The maximum Gasteiger partial charge on any atom is 0.273 e. The Labute approximate surface area is 145 Å². The molecule has 0 aliphatic heterocycles. The molecule has 8 heteroatoms. The molecule has 0 saturated heterocycles. The van der Waals surface area contributed by atoms with Crippen molar-refractivity contribution in [2.45, 2.75) is 25.3 Å². The SMILES string of the molecule is CCN(Cc1cccc(Cl)c1)S(=O)(=O)c1ccc(C)c([N+](=O)[O-])c1. The molecule has 6 nitrogen and oxygen atoms in total. The zero-order chi connectivity index (χ0) is 17.9. The summed E-state index contributed by atoms with van der Waals surface area (Å²) in [7, 11) is -3.85. The summed E-state index contributed by atoms with van der Waals surface area (Å²) in [5, 5.41) is 11.6.